The molecule has 21 heavy (non-hydrogen) atoms. The molecule has 0 aliphatic heterocycles. The van der Waals surface area contributed by atoms with E-state index in [0.717, 1.165) is 23.0 Å². The van der Waals surface area contributed by atoms with Crippen LogP contribution in [0.2, 0.25) is 0 Å². The van der Waals surface area contributed by atoms with E-state index in [4.69, 9.17) is 0 Å². The number of nitrogens with one attached hydrogen (secondary N) is 1. The number of hydrogen-bond donors (Lipinski definition) is 2. The maximum Gasteiger partial charge on any atom is 0.267 e. The summed E-state index contributed by atoms with van der Waals surface area (Å²) >= 11 is 0. The Hall–Kier alpha value is -2.01. The summed E-state index contributed by atoms with van der Waals surface area (Å²) in [6.07, 6.45) is 0.935. The molecule has 0 atom stereocenters. The van der Waals surface area contributed by atoms with Gasteiger partial charge >= 0.3 is 0 Å². The molecule has 1 aromatic heterocycles. The number of rotatable bonds is 5. The van der Waals surface area contributed by atoms with Crippen molar-refractivity contribution < 1.29 is 14.4 Å². The van der Waals surface area contributed by atoms with Gasteiger partial charge in [0, 0.05) is 25.4 Å². The van der Waals surface area contributed by atoms with E-state index in [0.29, 0.717) is 17.6 Å². The first-order valence-electron chi connectivity index (χ1n) is 7.15. The van der Waals surface area contributed by atoms with Gasteiger partial charge in [0.1, 0.15) is 11.4 Å². The smallest absolute Gasteiger partial charge is 0.267 e. The van der Waals surface area contributed by atoms with E-state index < -0.39 is 0 Å². The fourth-order valence-electron chi connectivity index (χ4n) is 2.41. The number of phenols is 1. The molecule has 1 amide bonds. The number of carbonyl (C=O) groups is 1. The maximum absolute atomic E-state index is 12.3. The summed E-state index contributed by atoms with van der Waals surface area (Å²) in [5.74, 6) is 0.0988. The van der Waals surface area contributed by atoms with Crippen molar-refractivity contribution in [3.63, 3.8) is 0 Å². The van der Waals surface area contributed by atoms with Gasteiger partial charge in [0.25, 0.3) is 5.91 Å². The second-order valence-corrected chi connectivity index (χ2v) is 6.42. The average molecular weight is 290 g/mol. The minimum atomic E-state index is -0.102. The minimum Gasteiger partial charge on any atom is -0.507 e. The highest BCUT2D eigenvalue weighted by Crippen LogP contribution is 2.26. The molecule has 2 rings (SSSR count). The average Bonchev–Trinajstić information content (AvgIpc) is 2.73. The van der Waals surface area contributed by atoms with E-state index >= 15 is 0 Å². The third kappa shape index (κ3) is 3.55. The Kier molecular flexibility index (Phi) is 4.23. The van der Waals surface area contributed by atoms with Crippen molar-refractivity contribution in [2.45, 2.75) is 6.42 Å². The minimum absolute atomic E-state index is 0.102. The Balaban J connectivity index is 2.06. The number of aromatic nitrogens is 1. The number of amides is 1. The fraction of sp³-hybridized carbons (Fsp3) is 0.438. The molecule has 0 aliphatic rings. The lowest BCUT2D eigenvalue weighted by molar-refractivity contribution is -0.870. The highest BCUT2D eigenvalue weighted by Gasteiger charge is 2.15. The summed E-state index contributed by atoms with van der Waals surface area (Å²) in [4.78, 5) is 12.3. The number of hydrogen-bond acceptors (Lipinski definition) is 2. The lowest BCUT2D eigenvalue weighted by Crippen LogP contribution is -2.37. The molecule has 5 heteroatoms. The molecule has 0 bridgehead atoms. The molecule has 0 spiro atoms. The topological polar surface area (TPSA) is 54.3 Å². The quantitative estimate of drug-likeness (QED) is 0.650. The van der Waals surface area contributed by atoms with Crippen molar-refractivity contribution in [3.05, 3.63) is 30.0 Å². The fourth-order valence-corrected chi connectivity index (χ4v) is 2.41. The zero-order valence-corrected chi connectivity index (χ0v) is 13.2. The van der Waals surface area contributed by atoms with Crippen LogP contribution in [0.3, 0.4) is 0 Å². The number of nitrogens with zero attached hydrogens (tertiary/aromatic N) is 2. The molecule has 0 saturated carbocycles. The van der Waals surface area contributed by atoms with Gasteiger partial charge in [-0.3, -0.25) is 4.79 Å². The zero-order chi connectivity index (χ0) is 15.6. The van der Waals surface area contributed by atoms with Gasteiger partial charge in [0.15, 0.2) is 0 Å². The lowest BCUT2D eigenvalue weighted by atomic mass is 10.2. The summed E-state index contributed by atoms with van der Waals surface area (Å²) in [6, 6.07) is 7.04. The molecule has 2 aromatic rings. The van der Waals surface area contributed by atoms with Crippen LogP contribution in [-0.2, 0) is 7.05 Å². The summed E-state index contributed by atoms with van der Waals surface area (Å²) in [7, 11) is 8.24. The molecular weight excluding hydrogens is 266 g/mol. The molecule has 0 fully saturated rings. The molecule has 5 nitrogen and oxygen atoms in total. The first-order chi connectivity index (χ1) is 9.79. The number of benzene rings is 1. The van der Waals surface area contributed by atoms with Crippen LogP contribution in [0.5, 0.6) is 5.75 Å². The third-order valence-corrected chi connectivity index (χ3v) is 3.59. The molecule has 0 unspecified atom stereocenters. The Labute approximate surface area is 125 Å². The SMILES string of the molecule is Cn1c(C(=O)NCCC[N+](C)(C)C)cc2c(O)cccc21. The summed E-state index contributed by atoms with van der Waals surface area (Å²) in [5, 5.41) is 13.5. The van der Waals surface area contributed by atoms with Crippen LogP contribution in [0.15, 0.2) is 24.3 Å². The number of phenolic OH excluding ortho intramolecular Hbond substituents is 1. The van der Waals surface area contributed by atoms with Crippen molar-refractivity contribution in [3.8, 4) is 5.75 Å². The van der Waals surface area contributed by atoms with Crippen molar-refractivity contribution in [1.29, 1.82) is 0 Å². The zero-order valence-electron chi connectivity index (χ0n) is 13.2. The monoisotopic (exact) mass is 290 g/mol. The number of quaternary nitrogens is 1. The number of aryl methyl sites for hydroxylation is 1. The molecule has 0 saturated heterocycles. The standard InChI is InChI=1S/C16H23N3O2/c1-18-13-7-5-8-15(20)12(13)11-14(18)16(21)17-9-6-10-19(2,3)4/h5,7-8,11H,6,9-10H2,1-4H3,(H-,17,20,21)/p+1. The van der Waals surface area contributed by atoms with Crippen LogP contribution in [0.25, 0.3) is 10.9 Å². The van der Waals surface area contributed by atoms with Crippen LogP contribution in [0.1, 0.15) is 16.9 Å². The highest BCUT2D eigenvalue weighted by atomic mass is 16.3. The van der Waals surface area contributed by atoms with E-state index in [1.54, 1.807) is 18.2 Å². The van der Waals surface area contributed by atoms with E-state index in [1.165, 1.54) is 0 Å². The van der Waals surface area contributed by atoms with E-state index in [1.807, 2.05) is 17.7 Å². The van der Waals surface area contributed by atoms with Gasteiger partial charge in [-0.05, 0) is 18.2 Å². The van der Waals surface area contributed by atoms with Crippen LogP contribution in [0.4, 0.5) is 0 Å². The number of carbonyl (C=O) groups excluding carboxylic acids is 1. The van der Waals surface area contributed by atoms with Crippen LogP contribution < -0.4 is 5.32 Å². The first-order valence-corrected chi connectivity index (χ1v) is 7.15. The number of aromatic hydroxyl groups is 1. The molecule has 0 radical (unpaired) electrons. The second kappa shape index (κ2) is 5.77. The van der Waals surface area contributed by atoms with Crippen molar-refractivity contribution >= 4 is 16.8 Å². The van der Waals surface area contributed by atoms with E-state index in [-0.39, 0.29) is 11.7 Å². The van der Waals surface area contributed by atoms with Gasteiger partial charge in [0.05, 0.1) is 33.2 Å². The Morgan fingerprint density at radius 1 is 1.33 bits per heavy atom. The molecule has 1 aromatic carbocycles. The normalized spacial score (nSPS) is 11.8. The van der Waals surface area contributed by atoms with Crippen molar-refractivity contribution in [2.24, 2.45) is 7.05 Å². The number of fused-ring (bicyclic) bond motifs is 1. The van der Waals surface area contributed by atoms with Crippen molar-refractivity contribution in [2.75, 3.05) is 34.2 Å². The predicted molar refractivity (Wildman–Crippen MR) is 84.4 cm³/mol. The third-order valence-electron chi connectivity index (χ3n) is 3.59. The van der Waals surface area contributed by atoms with Gasteiger partial charge in [-0.25, -0.2) is 0 Å². The Morgan fingerprint density at radius 3 is 2.67 bits per heavy atom. The summed E-state index contributed by atoms with van der Waals surface area (Å²) in [5.41, 5.74) is 1.42. The summed E-state index contributed by atoms with van der Waals surface area (Å²) < 4.78 is 2.70. The summed E-state index contributed by atoms with van der Waals surface area (Å²) in [6.45, 7) is 1.66. The van der Waals surface area contributed by atoms with Crippen LogP contribution in [-0.4, -0.2) is 54.3 Å². The van der Waals surface area contributed by atoms with E-state index in [2.05, 4.69) is 26.5 Å². The predicted octanol–water partition coefficient (Wildman–Crippen LogP) is 1.71. The first kappa shape index (κ1) is 15.4. The van der Waals surface area contributed by atoms with E-state index in [9.17, 15) is 9.90 Å². The molecule has 2 N–H and O–H groups in total. The van der Waals surface area contributed by atoms with Gasteiger partial charge in [0.2, 0.25) is 0 Å². The van der Waals surface area contributed by atoms with Crippen molar-refractivity contribution in [1.82, 2.24) is 9.88 Å². The Morgan fingerprint density at radius 2 is 2.05 bits per heavy atom. The van der Waals surface area contributed by atoms with Gasteiger partial charge in [-0.2, -0.15) is 0 Å². The molecule has 114 valence electrons. The Bertz CT molecular complexity index is 653. The van der Waals surface area contributed by atoms with Crippen LogP contribution >= 0.6 is 0 Å². The second-order valence-electron chi connectivity index (χ2n) is 6.42. The molecule has 1 heterocycles. The van der Waals surface area contributed by atoms with Crippen LogP contribution in [0, 0.1) is 0 Å². The molecular formula is C16H24N3O2+. The maximum atomic E-state index is 12.3. The van der Waals surface area contributed by atoms with Gasteiger partial charge in [-0.15, -0.1) is 0 Å². The lowest BCUT2D eigenvalue weighted by Gasteiger charge is -2.23. The highest BCUT2D eigenvalue weighted by molar-refractivity contribution is 6.00. The van der Waals surface area contributed by atoms with Gasteiger partial charge in [-0.1, -0.05) is 6.07 Å². The molecule has 0 aliphatic carbocycles. The largest absolute Gasteiger partial charge is 0.507 e. The van der Waals surface area contributed by atoms with Gasteiger partial charge < -0.3 is 19.5 Å².